The van der Waals surface area contributed by atoms with Gasteiger partial charge < -0.3 is 15.4 Å². The Hall–Kier alpha value is -2.15. The lowest BCUT2D eigenvalue weighted by molar-refractivity contribution is 0.305. The molecular formula is C17H25N5OS. The predicted molar refractivity (Wildman–Crippen MR) is 98.6 cm³/mol. The average molecular weight is 347 g/mol. The third-order valence-corrected chi connectivity index (χ3v) is 4.49. The van der Waals surface area contributed by atoms with Gasteiger partial charge in [-0.15, -0.1) is 11.3 Å². The maximum Gasteiger partial charge on any atom is 0.213 e. The third kappa shape index (κ3) is 5.49. The summed E-state index contributed by atoms with van der Waals surface area (Å²) in [6.45, 7) is 8.20. The first kappa shape index (κ1) is 18.2. The van der Waals surface area contributed by atoms with Gasteiger partial charge in [0.25, 0.3) is 0 Å². The molecule has 0 atom stereocenters. The summed E-state index contributed by atoms with van der Waals surface area (Å²) < 4.78 is 5.48. The normalized spacial score (nSPS) is 11.4. The first-order valence-electron chi connectivity index (χ1n) is 8.07. The van der Waals surface area contributed by atoms with Crippen molar-refractivity contribution >= 4 is 17.3 Å². The van der Waals surface area contributed by atoms with Crippen LogP contribution in [0.4, 0.5) is 0 Å². The van der Waals surface area contributed by atoms with Crippen LogP contribution < -0.4 is 15.4 Å². The molecule has 130 valence electrons. The molecule has 2 heterocycles. The van der Waals surface area contributed by atoms with E-state index in [1.54, 1.807) is 18.4 Å². The van der Waals surface area contributed by atoms with Crippen LogP contribution in [0, 0.1) is 13.8 Å². The van der Waals surface area contributed by atoms with Crippen LogP contribution in [0.5, 0.6) is 5.88 Å². The molecule has 0 saturated heterocycles. The van der Waals surface area contributed by atoms with Crippen LogP contribution in [-0.4, -0.2) is 29.6 Å². The van der Waals surface area contributed by atoms with E-state index in [-0.39, 0.29) is 0 Å². The van der Waals surface area contributed by atoms with E-state index in [0.29, 0.717) is 25.6 Å². The van der Waals surface area contributed by atoms with Gasteiger partial charge >= 0.3 is 0 Å². The molecule has 2 aromatic rings. The molecule has 2 rings (SSSR count). The van der Waals surface area contributed by atoms with Crippen LogP contribution in [-0.2, 0) is 13.1 Å². The highest BCUT2D eigenvalue weighted by Crippen LogP contribution is 2.15. The van der Waals surface area contributed by atoms with Gasteiger partial charge in [0, 0.05) is 30.7 Å². The molecule has 24 heavy (non-hydrogen) atoms. The second-order valence-electron chi connectivity index (χ2n) is 5.38. The summed E-state index contributed by atoms with van der Waals surface area (Å²) in [6, 6.07) is 3.90. The van der Waals surface area contributed by atoms with E-state index < -0.39 is 0 Å². The van der Waals surface area contributed by atoms with Crippen molar-refractivity contribution < 1.29 is 4.74 Å². The largest absolute Gasteiger partial charge is 0.478 e. The Labute approximate surface area is 147 Å². The van der Waals surface area contributed by atoms with Crippen molar-refractivity contribution in [2.24, 2.45) is 4.99 Å². The van der Waals surface area contributed by atoms with Gasteiger partial charge in [0.05, 0.1) is 18.8 Å². The first-order chi connectivity index (χ1) is 11.6. The van der Waals surface area contributed by atoms with E-state index in [1.807, 2.05) is 25.3 Å². The van der Waals surface area contributed by atoms with Gasteiger partial charge in [-0.2, -0.15) is 0 Å². The number of hydrogen-bond acceptors (Lipinski definition) is 5. The van der Waals surface area contributed by atoms with Crippen molar-refractivity contribution in [2.75, 3.05) is 13.7 Å². The van der Waals surface area contributed by atoms with Crippen molar-refractivity contribution in [2.45, 2.75) is 40.3 Å². The summed E-state index contributed by atoms with van der Waals surface area (Å²) in [4.78, 5) is 14.3. The first-order valence-corrected chi connectivity index (χ1v) is 8.89. The van der Waals surface area contributed by atoms with Gasteiger partial charge in [-0.1, -0.05) is 13.0 Å². The van der Waals surface area contributed by atoms with Crippen LogP contribution in [0.25, 0.3) is 0 Å². The fraction of sp³-hybridized carbons (Fsp3) is 0.471. The Morgan fingerprint density at radius 1 is 1.25 bits per heavy atom. The molecule has 0 unspecified atom stereocenters. The number of pyridine rings is 1. The van der Waals surface area contributed by atoms with Crippen molar-refractivity contribution in [1.29, 1.82) is 0 Å². The monoisotopic (exact) mass is 347 g/mol. The van der Waals surface area contributed by atoms with Crippen LogP contribution in [0.1, 0.15) is 34.5 Å². The summed E-state index contributed by atoms with van der Waals surface area (Å²) in [5, 5.41) is 7.61. The van der Waals surface area contributed by atoms with Crippen LogP contribution in [0.15, 0.2) is 23.3 Å². The summed E-state index contributed by atoms with van der Waals surface area (Å²) in [5.74, 6) is 1.41. The Morgan fingerprint density at radius 2 is 2.04 bits per heavy atom. The number of aromatic nitrogens is 2. The van der Waals surface area contributed by atoms with E-state index >= 15 is 0 Å². The minimum atomic E-state index is 0.649. The van der Waals surface area contributed by atoms with Crippen molar-refractivity contribution in [3.8, 4) is 5.88 Å². The quantitative estimate of drug-likeness (QED) is 0.595. The maximum atomic E-state index is 5.48. The molecule has 2 aromatic heterocycles. The van der Waals surface area contributed by atoms with Gasteiger partial charge in [-0.3, -0.25) is 4.99 Å². The SMILES string of the molecule is CCCOc1ccc(CNC(=NC)NCc2nc(C)c(C)s2)cn1. The highest BCUT2D eigenvalue weighted by molar-refractivity contribution is 7.11. The van der Waals surface area contributed by atoms with E-state index in [0.717, 1.165) is 28.6 Å². The number of aliphatic imine (C=N–C) groups is 1. The van der Waals surface area contributed by atoms with Crippen molar-refractivity contribution in [3.05, 3.63) is 39.5 Å². The number of aryl methyl sites for hydroxylation is 2. The molecule has 0 amide bonds. The Balaban J connectivity index is 1.80. The van der Waals surface area contributed by atoms with Crippen LogP contribution >= 0.6 is 11.3 Å². The molecule has 0 aromatic carbocycles. The molecule has 0 aliphatic carbocycles. The van der Waals surface area contributed by atoms with Crippen LogP contribution in [0.2, 0.25) is 0 Å². The zero-order valence-corrected chi connectivity index (χ0v) is 15.5. The van der Waals surface area contributed by atoms with Gasteiger partial charge in [-0.25, -0.2) is 9.97 Å². The topological polar surface area (TPSA) is 71.4 Å². The second kappa shape index (κ2) is 9.22. The molecule has 0 saturated carbocycles. The molecule has 0 radical (unpaired) electrons. The zero-order valence-electron chi connectivity index (χ0n) is 14.7. The Kier molecular flexibility index (Phi) is 6.99. The summed E-state index contributed by atoms with van der Waals surface area (Å²) in [5.41, 5.74) is 2.17. The number of rotatable bonds is 7. The molecule has 0 bridgehead atoms. The van der Waals surface area contributed by atoms with Gasteiger partial charge in [0.1, 0.15) is 5.01 Å². The number of nitrogens with one attached hydrogen (secondary N) is 2. The molecule has 0 aliphatic rings. The van der Waals surface area contributed by atoms with Crippen molar-refractivity contribution in [3.63, 3.8) is 0 Å². The fourth-order valence-corrected chi connectivity index (χ4v) is 2.86. The lowest BCUT2D eigenvalue weighted by Gasteiger charge is -2.11. The number of guanidine groups is 1. The Bertz CT molecular complexity index is 647. The standard InChI is InChI=1S/C17H25N5OS/c1-5-8-23-15-7-6-14(9-19-15)10-20-17(18-4)21-11-16-22-12(2)13(3)24-16/h6-7,9H,5,8,10-11H2,1-4H3,(H2,18,20,21). The predicted octanol–water partition coefficient (Wildman–Crippen LogP) is 2.81. The summed E-state index contributed by atoms with van der Waals surface area (Å²) >= 11 is 1.71. The van der Waals surface area contributed by atoms with E-state index in [9.17, 15) is 0 Å². The number of ether oxygens (including phenoxy) is 1. The van der Waals surface area contributed by atoms with Crippen LogP contribution in [0.3, 0.4) is 0 Å². The highest BCUT2D eigenvalue weighted by atomic mass is 32.1. The number of thiazole rings is 1. The fourth-order valence-electron chi connectivity index (χ4n) is 1.99. The molecule has 7 heteroatoms. The molecular weight excluding hydrogens is 322 g/mol. The van der Waals surface area contributed by atoms with Gasteiger partial charge in [-0.05, 0) is 25.8 Å². The van der Waals surface area contributed by atoms with Gasteiger partial charge in [0.2, 0.25) is 5.88 Å². The van der Waals surface area contributed by atoms with Crippen molar-refractivity contribution in [1.82, 2.24) is 20.6 Å². The lowest BCUT2D eigenvalue weighted by atomic mass is 10.3. The number of hydrogen-bond donors (Lipinski definition) is 2. The van der Waals surface area contributed by atoms with E-state index in [2.05, 4.69) is 39.4 Å². The number of nitrogens with zero attached hydrogens (tertiary/aromatic N) is 3. The third-order valence-electron chi connectivity index (χ3n) is 3.42. The molecule has 0 aliphatic heterocycles. The minimum Gasteiger partial charge on any atom is -0.478 e. The van der Waals surface area contributed by atoms with Gasteiger partial charge in [0.15, 0.2) is 5.96 Å². The molecule has 0 spiro atoms. The summed E-state index contributed by atoms with van der Waals surface area (Å²) in [6.07, 6.45) is 2.80. The zero-order chi connectivity index (χ0) is 17.4. The molecule has 0 fully saturated rings. The van der Waals surface area contributed by atoms with E-state index in [1.165, 1.54) is 4.88 Å². The lowest BCUT2D eigenvalue weighted by Crippen LogP contribution is -2.36. The second-order valence-corrected chi connectivity index (χ2v) is 6.67. The highest BCUT2D eigenvalue weighted by Gasteiger charge is 2.05. The molecule has 6 nitrogen and oxygen atoms in total. The Morgan fingerprint density at radius 3 is 2.62 bits per heavy atom. The smallest absolute Gasteiger partial charge is 0.213 e. The summed E-state index contributed by atoms with van der Waals surface area (Å²) in [7, 11) is 1.76. The van der Waals surface area contributed by atoms with E-state index in [4.69, 9.17) is 4.74 Å². The molecule has 2 N–H and O–H groups in total. The average Bonchev–Trinajstić information content (AvgIpc) is 2.92. The maximum absolute atomic E-state index is 5.48. The minimum absolute atomic E-state index is 0.649.